The molecule has 0 aliphatic heterocycles. The van der Waals surface area contributed by atoms with Gasteiger partial charge < -0.3 is 5.73 Å². The van der Waals surface area contributed by atoms with Gasteiger partial charge in [-0.15, -0.1) is 12.4 Å². The fourth-order valence-electron chi connectivity index (χ4n) is 1.32. The first kappa shape index (κ1) is 15.2. The maximum absolute atomic E-state index is 12.8. The summed E-state index contributed by atoms with van der Waals surface area (Å²) in [5, 5.41) is 0. The van der Waals surface area contributed by atoms with Crippen LogP contribution in [-0.4, -0.2) is 0 Å². The molecule has 0 bridgehead atoms. The van der Waals surface area contributed by atoms with Crippen LogP contribution in [0.5, 0.6) is 0 Å². The second kappa shape index (κ2) is 5.50. The maximum Gasteiger partial charge on any atom is 0.416 e. The lowest BCUT2D eigenvalue weighted by Crippen LogP contribution is -2.17. The van der Waals surface area contributed by atoms with Crippen molar-refractivity contribution in [3.63, 3.8) is 0 Å². The minimum atomic E-state index is -4.49. The van der Waals surface area contributed by atoms with Gasteiger partial charge in [0.1, 0.15) is 5.82 Å². The lowest BCUT2D eigenvalue weighted by atomic mass is 9.98. The summed E-state index contributed by atoms with van der Waals surface area (Å²) in [6.07, 6.45) is -4.16. The third kappa shape index (κ3) is 3.35. The Balaban J connectivity index is 0.00000225. The molecule has 1 nitrogen and oxygen atoms in total. The van der Waals surface area contributed by atoms with Gasteiger partial charge in [-0.1, -0.05) is 6.92 Å². The lowest BCUT2D eigenvalue weighted by Gasteiger charge is -2.17. The van der Waals surface area contributed by atoms with E-state index in [0.717, 1.165) is 18.2 Å². The third-order valence-electron chi connectivity index (χ3n) is 2.16. The maximum atomic E-state index is 12.8. The summed E-state index contributed by atoms with van der Waals surface area (Å²) >= 11 is 0. The molecule has 0 aliphatic rings. The second-order valence-electron chi connectivity index (χ2n) is 3.24. The van der Waals surface area contributed by atoms with Crippen molar-refractivity contribution in [2.24, 2.45) is 5.73 Å². The number of nitrogens with two attached hydrogens (primary N) is 1. The number of halogens is 5. The smallest absolute Gasteiger partial charge is 0.324 e. The summed E-state index contributed by atoms with van der Waals surface area (Å²) in [4.78, 5) is 0. The van der Waals surface area contributed by atoms with Gasteiger partial charge in [0.25, 0.3) is 0 Å². The van der Waals surface area contributed by atoms with Crippen molar-refractivity contribution in [1.29, 1.82) is 0 Å². The van der Waals surface area contributed by atoms with E-state index in [2.05, 4.69) is 0 Å². The topological polar surface area (TPSA) is 26.0 Å². The Bertz CT molecular complexity index is 351. The molecule has 0 radical (unpaired) electrons. The van der Waals surface area contributed by atoms with E-state index in [9.17, 15) is 17.6 Å². The highest BCUT2D eigenvalue weighted by Crippen LogP contribution is 2.35. The predicted molar refractivity (Wildman–Crippen MR) is 55.9 cm³/mol. The van der Waals surface area contributed by atoms with E-state index in [-0.39, 0.29) is 18.0 Å². The van der Waals surface area contributed by atoms with Crippen LogP contribution in [0.4, 0.5) is 17.6 Å². The fourth-order valence-corrected chi connectivity index (χ4v) is 1.32. The predicted octanol–water partition coefficient (Wildman–Crippen LogP) is 3.68. The molecule has 92 valence electrons. The molecule has 1 aromatic carbocycles. The molecule has 0 fully saturated rings. The molecule has 0 saturated carbocycles. The monoisotopic (exact) mass is 257 g/mol. The molecule has 0 unspecified atom stereocenters. The van der Waals surface area contributed by atoms with Gasteiger partial charge >= 0.3 is 6.18 Å². The Morgan fingerprint density at radius 2 is 1.88 bits per heavy atom. The van der Waals surface area contributed by atoms with Crippen LogP contribution >= 0.6 is 12.4 Å². The molecule has 1 atom stereocenters. The molecule has 6 heteroatoms. The number of hydrogen-bond acceptors (Lipinski definition) is 1. The van der Waals surface area contributed by atoms with Gasteiger partial charge in [0, 0.05) is 6.04 Å². The Labute approximate surface area is 97.0 Å². The molecule has 0 amide bonds. The summed E-state index contributed by atoms with van der Waals surface area (Å²) < 4.78 is 50.3. The SMILES string of the molecule is CC[C@@H](N)c1cc(F)ccc1C(F)(F)F.Cl. The zero-order chi connectivity index (χ0) is 11.6. The number of rotatable bonds is 2. The van der Waals surface area contributed by atoms with Gasteiger partial charge in [0.15, 0.2) is 0 Å². The molecule has 0 heterocycles. The molecule has 1 aromatic rings. The van der Waals surface area contributed by atoms with Gasteiger partial charge in [-0.25, -0.2) is 4.39 Å². The standard InChI is InChI=1S/C10H11F4N.ClH/c1-2-9(15)7-5-6(11)3-4-8(7)10(12,13)14;/h3-5,9H,2,15H2,1H3;1H/t9-;/m1./s1. The number of benzene rings is 1. The van der Waals surface area contributed by atoms with E-state index in [0.29, 0.717) is 6.42 Å². The van der Waals surface area contributed by atoms with Gasteiger partial charge in [-0.3, -0.25) is 0 Å². The van der Waals surface area contributed by atoms with Gasteiger partial charge in [-0.2, -0.15) is 13.2 Å². The van der Waals surface area contributed by atoms with Crippen LogP contribution in [0, 0.1) is 5.82 Å². The van der Waals surface area contributed by atoms with Crippen molar-refractivity contribution in [3.05, 3.63) is 35.1 Å². The zero-order valence-corrected chi connectivity index (χ0v) is 9.33. The minimum Gasteiger partial charge on any atom is -0.324 e. The van der Waals surface area contributed by atoms with Crippen LogP contribution in [0.25, 0.3) is 0 Å². The molecular weight excluding hydrogens is 246 g/mol. The summed E-state index contributed by atoms with van der Waals surface area (Å²) in [5.41, 5.74) is 4.44. The lowest BCUT2D eigenvalue weighted by molar-refractivity contribution is -0.138. The zero-order valence-electron chi connectivity index (χ0n) is 8.51. The minimum absolute atomic E-state index is 0. The van der Waals surface area contributed by atoms with E-state index in [4.69, 9.17) is 5.73 Å². The van der Waals surface area contributed by atoms with Gasteiger partial charge in [0.05, 0.1) is 5.56 Å². The quantitative estimate of drug-likeness (QED) is 0.804. The summed E-state index contributed by atoms with van der Waals surface area (Å²) in [5.74, 6) is -0.707. The van der Waals surface area contributed by atoms with E-state index >= 15 is 0 Å². The molecule has 0 saturated heterocycles. The Kier molecular flexibility index (Phi) is 5.22. The van der Waals surface area contributed by atoms with Crippen molar-refractivity contribution >= 4 is 12.4 Å². The van der Waals surface area contributed by atoms with E-state index < -0.39 is 23.6 Å². The number of hydrogen-bond donors (Lipinski definition) is 1. The average Bonchev–Trinajstić information content (AvgIpc) is 2.14. The first-order valence-electron chi connectivity index (χ1n) is 4.48. The van der Waals surface area contributed by atoms with Crippen molar-refractivity contribution < 1.29 is 17.6 Å². The van der Waals surface area contributed by atoms with Crippen molar-refractivity contribution in [1.82, 2.24) is 0 Å². The average molecular weight is 258 g/mol. The highest BCUT2D eigenvalue weighted by Gasteiger charge is 2.34. The molecule has 0 spiro atoms. The molecule has 0 aliphatic carbocycles. The molecular formula is C10H12ClF4N. The molecule has 0 aromatic heterocycles. The van der Waals surface area contributed by atoms with Crippen molar-refractivity contribution in [2.75, 3.05) is 0 Å². The van der Waals surface area contributed by atoms with E-state index in [1.54, 1.807) is 6.92 Å². The highest BCUT2D eigenvalue weighted by molar-refractivity contribution is 5.85. The Morgan fingerprint density at radius 1 is 1.31 bits per heavy atom. The summed E-state index contributed by atoms with van der Waals surface area (Å²) in [6, 6.07) is 1.56. The second-order valence-corrected chi connectivity index (χ2v) is 3.24. The molecule has 1 rings (SSSR count). The van der Waals surface area contributed by atoms with E-state index in [1.807, 2.05) is 0 Å². The van der Waals surface area contributed by atoms with Gasteiger partial charge in [0.2, 0.25) is 0 Å². The van der Waals surface area contributed by atoms with Crippen LogP contribution in [-0.2, 0) is 6.18 Å². The highest BCUT2D eigenvalue weighted by atomic mass is 35.5. The summed E-state index contributed by atoms with van der Waals surface area (Å²) in [6.45, 7) is 1.65. The van der Waals surface area contributed by atoms with Gasteiger partial charge in [-0.05, 0) is 30.2 Å². The van der Waals surface area contributed by atoms with Crippen LogP contribution in [0.2, 0.25) is 0 Å². The molecule has 2 N–H and O–H groups in total. The molecule has 16 heavy (non-hydrogen) atoms. The van der Waals surface area contributed by atoms with Crippen LogP contribution in [0.3, 0.4) is 0 Å². The normalized spacial score (nSPS) is 13.1. The third-order valence-corrected chi connectivity index (χ3v) is 2.16. The first-order valence-corrected chi connectivity index (χ1v) is 4.48. The first-order chi connectivity index (χ1) is 6.86. The van der Waals surface area contributed by atoms with Crippen molar-refractivity contribution in [3.8, 4) is 0 Å². The summed E-state index contributed by atoms with van der Waals surface area (Å²) in [7, 11) is 0. The van der Waals surface area contributed by atoms with Crippen LogP contribution in [0.15, 0.2) is 18.2 Å². The number of alkyl halides is 3. The fraction of sp³-hybridized carbons (Fsp3) is 0.400. The van der Waals surface area contributed by atoms with Crippen molar-refractivity contribution in [2.45, 2.75) is 25.6 Å². The van der Waals surface area contributed by atoms with Crippen LogP contribution < -0.4 is 5.73 Å². The van der Waals surface area contributed by atoms with Crippen LogP contribution in [0.1, 0.15) is 30.5 Å². The Morgan fingerprint density at radius 3 is 2.31 bits per heavy atom. The largest absolute Gasteiger partial charge is 0.416 e. The Hall–Kier alpha value is -0.810. The van der Waals surface area contributed by atoms with E-state index in [1.165, 1.54) is 0 Å².